The minimum Gasteiger partial charge on any atom is -0.507 e. The van der Waals surface area contributed by atoms with E-state index in [9.17, 15) is 5.11 Å². The number of benzene rings is 3. The number of aromatic amines is 1. The monoisotopic (exact) mass is 414 g/mol. The van der Waals surface area contributed by atoms with Crippen molar-refractivity contribution >= 4 is 6.08 Å². The second kappa shape index (κ2) is 9.09. The number of aromatic hydroxyl groups is 1. The van der Waals surface area contributed by atoms with Gasteiger partial charge in [-0.25, -0.2) is 0 Å². The summed E-state index contributed by atoms with van der Waals surface area (Å²) in [5.74, 6) is 2.23. The second-order valence-corrected chi connectivity index (χ2v) is 6.78. The molecule has 4 aromatic rings. The summed E-state index contributed by atoms with van der Waals surface area (Å²) in [5, 5.41) is 17.5. The van der Waals surface area contributed by atoms with Crippen molar-refractivity contribution in [3.63, 3.8) is 0 Å². The number of hydrogen-bond acceptors (Lipinski definition) is 5. The lowest BCUT2D eigenvalue weighted by atomic mass is 10.1. The molecule has 1 heterocycles. The van der Waals surface area contributed by atoms with Crippen LogP contribution in [0.3, 0.4) is 0 Å². The third-order valence-corrected chi connectivity index (χ3v) is 4.75. The van der Waals surface area contributed by atoms with Crippen LogP contribution in [0.2, 0.25) is 0 Å². The van der Waals surface area contributed by atoms with Crippen molar-refractivity contribution in [3.05, 3.63) is 90.6 Å². The Labute approximate surface area is 180 Å². The molecule has 0 amide bonds. The summed E-state index contributed by atoms with van der Waals surface area (Å²) in [7, 11) is 1.58. The van der Waals surface area contributed by atoms with Crippen molar-refractivity contribution in [1.82, 2.24) is 10.2 Å². The van der Waals surface area contributed by atoms with Crippen LogP contribution in [0.25, 0.3) is 17.3 Å². The van der Waals surface area contributed by atoms with Crippen LogP contribution in [0.15, 0.2) is 79.5 Å². The molecule has 6 heteroatoms. The first kappa shape index (κ1) is 20.1. The molecule has 6 nitrogen and oxygen atoms in total. The van der Waals surface area contributed by atoms with Gasteiger partial charge in [0.05, 0.1) is 13.3 Å². The van der Waals surface area contributed by atoms with Gasteiger partial charge in [0.1, 0.15) is 23.8 Å². The summed E-state index contributed by atoms with van der Waals surface area (Å²) in [6, 6.07) is 20.4. The molecule has 1 aromatic heterocycles. The zero-order valence-corrected chi connectivity index (χ0v) is 17.0. The first-order valence-electron chi connectivity index (χ1n) is 9.69. The van der Waals surface area contributed by atoms with Crippen LogP contribution in [0.5, 0.6) is 28.7 Å². The molecule has 0 aliphatic rings. The number of phenols is 1. The number of phenolic OH excluding ortho intramolecular Hbond substituents is 1. The number of hydrogen-bond donors (Lipinski definition) is 2. The van der Waals surface area contributed by atoms with Gasteiger partial charge >= 0.3 is 0 Å². The molecule has 0 saturated heterocycles. The van der Waals surface area contributed by atoms with Gasteiger partial charge in [0.15, 0.2) is 17.2 Å². The normalized spacial score (nSPS) is 10.5. The molecular formula is C25H22N2O4. The van der Waals surface area contributed by atoms with Gasteiger partial charge in [0, 0.05) is 11.6 Å². The maximum atomic E-state index is 10.6. The maximum absolute atomic E-state index is 10.6. The Kier molecular flexibility index (Phi) is 5.89. The highest BCUT2D eigenvalue weighted by molar-refractivity contribution is 5.73. The van der Waals surface area contributed by atoms with Crippen LogP contribution in [0.1, 0.15) is 11.1 Å². The molecule has 3 aromatic carbocycles. The smallest absolute Gasteiger partial charge is 0.173 e. The Morgan fingerprint density at radius 1 is 1.00 bits per heavy atom. The zero-order chi connectivity index (χ0) is 21.6. The highest BCUT2D eigenvalue weighted by atomic mass is 16.5. The molecule has 0 aliphatic carbocycles. The van der Waals surface area contributed by atoms with E-state index in [1.54, 1.807) is 43.6 Å². The molecule has 2 N–H and O–H groups in total. The van der Waals surface area contributed by atoms with Gasteiger partial charge in [-0.2, -0.15) is 5.10 Å². The van der Waals surface area contributed by atoms with Gasteiger partial charge in [0.25, 0.3) is 0 Å². The van der Waals surface area contributed by atoms with E-state index in [1.807, 2.05) is 42.5 Å². The average molecular weight is 414 g/mol. The van der Waals surface area contributed by atoms with Crippen LogP contribution in [-0.2, 0) is 6.61 Å². The minimum atomic E-state index is 0.0497. The summed E-state index contributed by atoms with van der Waals surface area (Å²) in [6.45, 7) is 4.14. The minimum absolute atomic E-state index is 0.0497. The van der Waals surface area contributed by atoms with Gasteiger partial charge in [-0.1, -0.05) is 49.1 Å². The van der Waals surface area contributed by atoms with Crippen molar-refractivity contribution in [2.45, 2.75) is 6.61 Å². The van der Waals surface area contributed by atoms with Crippen LogP contribution >= 0.6 is 0 Å². The van der Waals surface area contributed by atoms with Crippen LogP contribution in [0, 0.1) is 0 Å². The molecule has 0 unspecified atom stereocenters. The Hall–Kier alpha value is -4.19. The number of nitrogens with one attached hydrogen (secondary N) is 1. The number of nitrogens with zero attached hydrogens (tertiary/aromatic N) is 1. The number of rotatable bonds is 8. The lowest BCUT2D eigenvalue weighted by Crippen LogP contribution is -1.95. The Morgan fingerprint density at radius 3 is 2.48 bits per heavy atom. The summed E-state index contributed by atoms with van der Waals surface area (Å²) < 4.78 is 17.1. The molecule has 0 bridgehead atoms. The van der Waals surface area contributed by atoms with E-state index in [4.69, 9.17) is 14.2 Å². The first-order chi connectivity index (χ1) is 15.2. The van der Waals surface area contributed by atoms with Crippen LogP contribution in [-0.4, -0.2) is 22.4 Å². The molecule has 0 radical (unpaired) electrons. The number of aromatic nitrogens is 2. The Balaban J connectivity index is 1.51. The fourth-order valence-corrected chi connectivity index (χ4v) is 3.10. The Morgan fingerprint density at radius 2 is 1.77 bits per heavy atom. The predicted octanol–water partition coefficient (Wildman–Crippen LogP) is 5.81. The third kappa shape index (κ3) is 4.53. The predicted molar refractivity (Wildman–Crippen MR) is 120 cm³/mol. The van der Waals surface area contributed by atoms with Gasteiger partial charge in [-0.05, 0) is 35.4 Å². The first-order valence-corrected chi connectivity index (χ1v) is 9.69. The van der Waals surface area contributed by atoms with Crippen molar-refractivity contribution < 1.29 is 19.3 Å². The summed E-state index contributed by atoms with van der Waals surface area (Å²) in [6.07, 6.45) is 3.35. The van der Waals surface area contributed by atoms with E-state index in [0.29, 0.717) is 40.9 Å². The van der Waals surface area contributed by atoms with Gasteiger partial charge in [-0.3, -0.25) is 5.10 Å². The molecule has 0 saturated carbocycles. The second-order valence-electron chi connectivity index (χ2n) is 6.78. The van der Waals surface area contributed by atoms with Gasteiger partial charge in [-0.15, -0.1) is 0 Å². The molecular weight excluding hydrogens is 392 g/mol. The molecule has 0 fully saturated rings. The van der Waals surface area contributed by atoms with Crippen LogP contribution < -0.4 is 14.2 Å². The lowest BCUT2D eigenvalue weighted by molar-refractivity contribution is 0.304. The average Bonchev–Trinajstić information content (AvgIpc) is 3.26. The molecule has 0 atom stereocenters. The molecule has 4 rings (SSSR count). The number of H-pyrrole nitrogens is 1. The summed E-state index contributed by atoms with van der Waals surface area (Å²) >= 11 is 0. The molecule has 0 aliphatic heterocycles. The fourth-order valence-electron chi connectivity index (χ4n) is 3.10. The molecule has 156 valence electrons. The lowest BCUT2D eigenvalue weighted by Gasteiger charge is -2.12. The zero-order valence-electron chi connectivity index (χ0n) is 17.0. The number of para-hydroxylation sites is 2. The third-order valence-electron chi connectivity index (χ3n) is 4.75. The van der Waals surface area contributed by atoms with Crippen LogP contribution in [0.4, 0.5) is 0 Å². The van der Waals surface area contributed by atoms with Crippen molar-refractivity contribution in [2.24, 2.45) is 0 Å². The topological polar surface area (TPSA) is 76.6 Å². The summed E-state index contributed by atoms with van der Waals surface area (Å²) in [5.41, 5.74) is 3.17. The van der Waals surface area contributed by atoms with E-state index < -0.39 is 0 Å². The van der Waals surface area contributed by atoms with E-state index in [2.05, 4.69) is 16.8 Å². The van der Waals surface area contributed by atoms with Crippen molar-refractivity contribution in [1.29, 1.82) is 0 Å². The van der Waals surface area contributed by atoms with Crippen molar-refractivity contribution in [2.75, 3.05) is 7.11 Å². The number of ether oxygens (including phenoxy) is 3. The maximum Gasteiger partial charge on any atom is 0.173 e. The summed E-state index contributed by atoms with van der Waals surface area (Å²) in [4.78, 5) is 0. The number of methoxy groups -OCH3 is 1. The fraction of sp³-hybridized carbons (Fsp3) is 0.0800. The van der Waals surface area contributed by atoms with E-state index in [-0.39, 0.29) is 5.75 Å². The standard InChI is InChI=1S/C25H22N2O4/c1-3-17-8-10-18(11-9-17)16-30-19-12-13-20(21(28)14-19)25-24(15-26-27-25)31-23-7-5-4-6-22(23)29-2/h3-15,28H,1,16H2,2H3,(H,26,27). The van der Waals surface area contributed by atoms with E-state index in [1.165, 1.54) is 0 Å². The molecule has 31 heavy (non-hydrogen) atoms. The quantitative estimate of drug-likeness (QED) is 0.381. The highest BCUT2D eigenvalue weighted by Crippen LogP contribution is 2.39. The van der Waals surface area contributed by atoms with Gasteiger partial charge < -0.3 is 19.3 Å². The van der Waals surface area contributed by atoms with Crippen molar-refractivity contribution in [3.8, 4) is 40.0 Å². The highest BCUT2D eigenvalue weighted by Gasteiger charge is 2.16. The largest absolute Gasteiger partial charge is 0.507 e. The van der Waals surface area contributed by atoms with E-state index in [0.717, 1.165) is 11.1 Å². The molecule has 0 spiro atoms. The van der Waals surface area contributed by atoms with Gasteiger partial charge in [0.2, 0.25) is 0 Å². The SMILES string of the molecule is C=Cc1ccc(COc2ccc(-c3[nH]ncc3Oc3ccccc3OC)c(O)c2)cc1. The Bertz CT molecular complexity index is 1180. The van der Waals surface area contributed by atoms with E-state index >= 15 is 0 Å².